The average molecular weight is 802 g/mol. The molecule has 282 valence electrons. The number of hydrogen-bond donors (Lipinski definition) is 0. The van der Waals surface area contributed by atoms with Crippen molar-refractivity contribution < 1.29 is 4.57 Å². The van der Waals surface area contributed by atoms with Crippen LogP contribution in [0.4, 0.5) is 0 Å². The van der Waals surface area contributed by atoms with E-state index in [2.05, 4.69) is 146 Å². The largest absolute Gasteiger partial charge is 0.309 e. The van der Waals surface area contributed by atoms with Crippen LogP contribution in [0.5, 0.6) is 0 Å². The summed E-state index contributed by atoms with van der Waals surface area (Å²) in [7, 11) is -3.10. The molecule has 60 heavy (non-hydrogen) atoms. The summed E-state index contributed by atoms with van der Waals surface area (Å²) in [5.41, 5.74) is 12.5. The smallest absolute Gasteiger partial charge is 0.171 e. The predicted octanol–water partition coefficient (Wildman–Crippen LogP) is 13.2. The second kappa shape index (κ2) is 13.6. The summed E-state index contributed by atoms with van der Waals surface area (Å²) >= 11 is 1.89. The third kappa shape index (κ3) is 5.03. The van der Waals surface area contributed by atoms with Gasteiger partial charge in [-0.05, 0) is 56.6 Å². The molecule has 0 bridgehead atoms. The first kappa shape index (κ1) is 35.2. The van der Waals surface area contributed by atoms with E-state index in [0.29, 0.717) is 0 Å². The molecule has 0 saturated carbocycles. The molecule has 12 rings (SSSR count). The summed E-state index contributed by atoms with van der Waals surface area (Å²) in [5, 5.41) is 5.96. The van der Waals surface area contributed by atoms with Crippen LogP contribution in [0.3, 0.4) is 0 Å². The molecular formula is C56H36NOPS. The van der Waals surface area contributed by atoms with Crippen LogP contribution in [0.2, 0.25) is 0 Å². The van der Waals surface area contributed by atoms with Gasteiger partial charge in [0.1, 0.15) is 0 Å². The van der Waals surface area contributed by atoms with Crippen molar-refractivity contribution in [2.75, 3.05) is 0 Å². The van der Waals surface area contributed by atoms with Crippen LogP contribution in [0.15, 0.2) is 228 Å². The fourth-order valence-electron chi connectivity index (χ4n) is 9.98. The Hall–Kier alpha value is -6.77. The van der Waals surface area contributed by atoms with Gasteiger partial charge in [0.25, 0.3) is 0 Å². The molecule has 0 atom stereocenters. The number of rotatable bonds is 5. The van der Waals surface area contributed by atoms with Crippen molar-refractivity contribution in [3.8, 4) is 33.5 Å². The van der Waals surface area contributed by atoms with Gasteiger partial charge in [0, 0.05) is 47.4 Å². The Balaban J connectivity index is 1.09. The lowest BCUT2D eigenvalue weighted by molar-refractivity contribution is 0.592. The van der Waals surface area contributed by atoms with Crippen molar-refractivity contribution >= 4 is 56.5 Å². The SMILES string of the molecule is O=P(c1ccccc1)(c1ccccc1)c1ccc(-c2ccc3c(c2)nc(-c2ccccc2)c2ccc4c(c23)Sc2ccccc2C42c3ccccc3-c3ccccc32)cc1. The van der Waals surface area contributed by atoms with Crippen LogP contribution in [-0.2, 0) is 9.98 Å². The van der Waals surface area contributed by atoms with E-state index in [0.717, 1.165) is 54.6 Å². The second-order valence-corrected chi connectivity index (χ2v) is 19.5. The van der Waals surface area contributed by atoms with Crippen LogP contribution in [0.1, 0.15) is 22.3 Å². The molecule has 1 spiro atoms. The molecule has 0 fully saturated rings. The standard InChI is InChI=1S/C56H36NOPS/c58-59(40-18-6-2-7-19-40,41-20-8-3-9-21-41)42-31-28-37(29-32-42)39-30-33-45-51(36-39)57-54(38-16-4-1-5-17-38)46-34-35-50-55(53(45)46)60-52-27-15-14-26-49(52)56(50)47-24-12-10-22-43(47)44-23-11-13-25-48(44)56/h1-36H. The molecule has 0 radical (unpaired) electrons. The molecule has 2 heterocycles. The number of nitrogens with zero attached hydrogens (tertiary/aromatic N) is 1. The summed E-state index contributed by atoms with van der Waals surface area (Å²) in [5.74, 6) is 0. The zero-order valence-electron chi connectivity index (χ0n) is 32.5. The van der Waals surface area contributed by atoms with Gasteiger partial charge in [-0.15, -0.1) is 0 Å². The minimum atomic E-state index is -3.10. The molecule has 0 amide bonds. The summed E-state index contributed by atoms with van der Waals surface area (Å²) in [6, 6.07) is 77.1. The Morgan fingerprint density at radius 2 is 0.933 bits per heavy atom. The number of pyridine rings is 1. The van der Waals surface area contributed by atoms with Gasteiger partial charge >= 0.3 is 0 Å². The molecule has 0 saturated heterocycles. The van der Waals surface area contributed by atoms with E-state index in [1.54, 1.807) is 0 Å². The Morgan fingerprint density at radius 1 is 0.417 bits per heavy atom. The molecule has 1 aliphatic heterocycles. The number of fused-ring (bicyclic) bond motifs is 13. The van der Waals surface area contributed by atoms with Gasteiger partial charge in [0.15, 0.2) is 7.14 Å². The van der Waals surface area contributed by atoms with Gasteiger partial charge < -0.3 is 4.57 Å². The molecule has 2 nitrogen and oxygen atoms in total. The van der Waals surface area contributed by atoms with Crippen molar-refractivity contribution in [1.29, 1.82) is 0 Å². The first-order chi connectivity index (χ1) is 29.6. The minimum Gasteiger partial charge on any atom is -0.309 e. The van der Waals surface area contributed by atoms with E-state index in [4.69, 9.17) is 4.98 Å². The molecule has 10 aromatic rings. The molecule has 0 unspecified atom stereocenters. The quantitative estimate of drug-likeness (QED) is 0.128. The van der Waals surface area contributed by atoms with Crippen LogP contribution < -0.4 is 15.9 Å². The van der Waals surface area contributed by atoms with Crippen LogP contribution in [0, 0.1) is 0 Å². The van der Waals surface area contributed by atoms with E-state index in [1.165, 1.54) is 48.6 Å². The summed E-state index contributed by atoms with van der Waals surface area (Å²) < 4.78 is 15.1. The van der Waals surface area contributed by atoms with Crippen molar-refractivity contribution in [1.82, 2.24) is 4.98 Å². The highest BCUT2D eigenvalue weighted by Gasteiger charge is 2.50. The van der Waals surface area contributed by atoms with E-state index in [1.807, 2.05) is 84.6 Å². The molecule has 0 N–H and O–H groups in total. The van der Waals surface area contributed by atoms with Crippen LogP contribution >= 0.6 is 18.9 Å². The van der Waals surface area contributed by atoms with Gasteiger partial charge in [-0.3, -0.25) is 0 Å². The highest BCUT2D eigenvalue weighted by Crippen LogP contribution is 2.63. The van der Waals surface area contributed by atoms with Gasteiger partial charge in [0.2, 0.25) is 0 Å². The maximum absolute atomic E-state index is 15.1. The first-order valence-electron chi connectivity index (χ1n) is 20.4. The maximum Gasteiger partial charge on any atom is 0.171 e. The molecule has 1 aromatic heterocycles. The topological polar surface area (TPSA) is 30.0 Å². The number of benzene rings is 9. The van der Waals surface area contributed by atoms with Crippen LogP contribution in [0.25, 0.3) is 55.2 Å². The van der Waals surface area contributed by atoms with Crippen molar-refractivity contribution in [3.63, 3.8) is 0 Å². The summed E-state index contributed by atoms with van der Waals surface area (Å²) in [6.07, 6.45) is 0. The first-order valence-corrected chi connectivity index (χ1v) is 22.9. The van der Waals surface area contributed by atoms with Gasteiger partial charge in [0.05, 0.1) is 16.6 Å². The fraction of sp³-hybridized carbons (Fsp3) is 0.0179. The lowest BCUT2D eigenvalue weighted by Gasteiger charge is -2.40. The summed E-state index contributed by atoms with van der Waals surface area (Å²) in [4.78, 5) is 8.04. The van der Waals surface area contributed by atoms with Crippen molar-refractivity contribution in [3.05, 3.63) is 241 Å². The van der Waals surface area contributed by atoms with E-state index < -0.39 is 12.6 Å². The fourth-order valence-corrected chi connectivity index (χ4v) is 14.0. The molecule has 9 aromatic carbocycles. The highest BCUT2D eigenvalue weighted by atomic mass is 32.2. The second-order valence-electron chi connectivity index (χ2n) is 15.7. The van der Waals surface area contributed by atoms with E-state index >= 15 is 4.57 Å². The van der Waals surface area contributed by atoms with Gasteiger partial charge in [-0.25, -0.2) is 4.98 Å². The third-order valence-corrected chi connectivity index (χ3v) is 16.9. The maximum atomic E-state index is 15.1. The Bertz CT molecular complexity index is 3280. The third-order valence-electron chi connectivity index (χ3n) is 12.6. The Morgan fingerprint density at radius 3 is 1.58 bits per heavy atom. The Labute approximate surface area is 353 Å². The zero-order chi connectivity index (χ0) is 39.8. The lowest BCUT2D eigenvalue weighted by Crippen LogP contribution is -2.32. The predicted molar refractivity (Wildman–Crippen MR) is 251 cm³/mol. The summed E-state index contributed by atoms with van der Waals surface area (Å²) in [6.45, 7) is 0. The van der Waals surface area contributed by atoms with Crippen LogP contribution in [-0.4, -0.2) is 4.98 Å². The monoisotopic (exact) mass is 801 g/mol. The van der Waals surface area contributed by atoms with E-state index in [-0.39, 0.29) is 0 Å². The molecule has 4 heteroatoms. The van der Waals surface area contributed by atoms with Crippen molar-refractivity contribution in [2.24, 2.45) is 0 Å². The molecule has 1 aliphatic carbocycles. The minimum absolute atomic E-state index is 0.471. The van der Waals surface area contributed by atoms with Gasteiger partial charge in [-0.1, -0.05) is 218 Å². The Kier molecular flexibility index (Phi) is 8.00. The number of hydrogen-bond acceptors (Lipinski definition) is 3. The van der Waals surface area contributed by atoms with Gasteiger partial charge in [-0.2, -0.15) is 0 Å². The average Bonchev–Trinajstić information content (AvgIpc) is 3.62. The van der Waals surface area contributed by atoms with Crippen molar-refractivity contribution in [2.45, 2.75) is 15.2 Å². The molecular weight excluding hydrogens is 766 g/mol. The zero-order valence-corrected chi connectivity index (χ0v) is 34.2. The van der Waals surface area contributed by atoms with E-state index in [9.17, 15) is 0 Å². The normalized spacial score (nSPS) is 13.5. The number of aromatic nitrogens is 1. The molecule has 2 aliphatic rings. The lowest BCUT2D eigenvalue weighted by atomic mass is 9.67. The highest BCUT2D eigenvalue weighted by molar-refractivity contribution is 7.99.